The minimum atomic E-state index is 0.480. The van der Waals surface area contributed by atoms with Gasteiger partial charge in [0, 0.05) is 23.7 Å². The van der Waals surface area contributed by atoms with E-state index in [0.29, 0.717) is 34.9 Å². The fourth-order valence-corrected chi connectivity index (χ4v) is 2.58. The third-order valence-corrected chi connectivity index (χ3v) is 3.89. The molecule has 1 aliphatic rings. The molecular formula is C17H19ClN2O2. The minimum Gasteiger partial charge on any atom is -0.488 e. The molecule has 0 bridgehead atoms. The molecule has 1 N–H and O–H groups in total. The van der Waals surface area contributed by atoms with Gasteiger partial charge in [-0.05, 0) is 55.8 Å². The van der Waals surface area contributed by atoms with E-state index in [9.17, 15) is 0 Å². The number of hydrogen-bond acceptors (Lipinski definition) is 4. The van der Waals surface area contributed by atoms with Gasteiger partial charge in [-0.2, -0.15) is 0 Å². The average Bonchev–Trinajstić information content (AvgIpc) is 2.57. The minimum absolute atomic E-state index is 0.480. The van der Waals surface area contributed by atoms with Crippen molar-refractivity contribution in [2.75, 3.05) is 19.7 Å². The number of hydrogen-bond donors (Lipinski definition) is 1. The normalized spacial score (nSPS) is 18.0. The second-order valence-electron chi connectivity index (χ2n) is 5.39. The van der Waals surface area contributed by atoms with Crippen LogP contribution in [0.15, 0.2) is 42.6 Å². The lowest BCUT2D eigenvalue weighted by molar-refractivity contribution is 0.212. The highest BCUT2D eigenvalue weighted by Gasteiger charge is 2.15. The largest absolute Gasteiger partial charge is 0.488 e. The van der Waals surface area contributed by atoms with E-state index in [2.05, 4.69) is 10.3 Å². The van der Waals surface area contributed by atoms with Crippen molar-refractivity contribution < 1.29 is 9.47 Å². The lowest BCUT2D eigenvalue weighted by Crippen LogP contribution is -2.33. The van der Waals surface area contributed by atoms with Gasteiger partial charge < -0.3 is 14.8 Å². The molecule has 0 unspecified atom stereocenters. The van der Waals surface area contributed by atoms with E-state index in [0.717, 1.165) is 13.1 Å². The van der Waals surface area contributed by atoms with E-state index in [1.54, 1.807) is 18.3 Å². The van der Waals surface area contributed by atoms with Gasteiger partial charge in [0.2, 0.25) is 0 Å². The fourth-order valence-electron chi connectivity index (χ4n) is 2.45. The molecule has 0 spiro atoms. The van der Waals surface area contributed by atoms with E-state index >= 15 is 0 Å². The predicted octanol–water partition coefficient (Wildman–Crippen LogP) is 3.91. The topological polar surface area (TPSA) is 43.4 Å². The van der Waals surface area contributed by atoms with E-state index in [-0.39, 0.29) is 0 Å². The molecule has 0 amide bonds. The van der Waals surface area contributed by atoms with Crippen LogP contribution in [0.5, 0.6) is 17.4 Å². The first-order chi connectivity index (χ1) is 10.8. The molecule has 0 saturated carbocycles. The molecular weight excluding hydrogens is 300 g/mol. The molecule has 1 aromatic carbocycles. The number of rotatable bonds is 5. The van der Waals surface area contributed by atoms with Crippen LogP contribution in [-0.4, -0.2) is 24.7 Å². The molecule has 1 atom stereocenters. The quantitative estimate of drug-likeness (QED) is 0.908. The first-order valence-corrected chi connectivity index (χ1v) is 7.91. The Labute approximate surface area is 135 Å². The van der Waals surface area contributed by atoms with Gasteiger partial charge in [-0.3, -0.25) is 0 Å². The van der Waals surface area contributed by atoms with Gasteiger partial charge in [-0.15, -0.1) is 0 Å². The monoisotopic (exact) mass is 318 g/mol. The molecule has 2 aromatic rings. The zero-order valence-corrected chi connectivity index (χ0v) is 13.1. The number of benzene rings is 1. The molecule has 3 rings (SSSR count). The number of aromatic nitrogens is 1. The Kier molecular flexibility index (Phi) is 5.14. The Morgan fingerprint density at radius 3 is 2.86 bits per heavy atom. The maximum absolute atomic E-state index is 5.92. The predicted molar refractivity (Wildman–Crippen MR) is 86.9 cm³/mol. The lowest BCUT2D eigenvalue weighted by atomic mass is 10.0. The zero-order valence-electron chi connectivity index (χ0n) is 12.3. The van der Waals surface area contributed by atoms with Crippen LogP contribution in [0.1, 0.15) is 12.8 Å². The molecule has 22 heavy (non-hydrogen) atoms. The summed E-state index contributed by atoms with van der Waals surface area (Å²) in [4.78, 5) is 4.26. The number of ether oxygens (including phenoxy) is 2. The third kappa shape index (κ3) is 4.12. The van der Waals surface area contributed by atoms with Crippen molar-refractivity contribution in [3.8, 4) is 17.4 Å². The van der Waals surface area contributed by atoms with Crippen molar-refractivity contribution in [1.29, 1.82) is 0 Å². The lowest BCUT2D eigenvalue weighted by Gasteiger charge is -2.23. The summed E-state index contributed by atoms with van der Waals surface area (Å²) >= 11 is 5.88. The van der Waals surface area contributed by atoms with Crippen molar-refractivity contribution >= 4 is 11.6 Å². The van der Waals surface area contributed by atoms with Crippen LogP contribution in [0.4, 0.5) is 0 Å². The number of nitrogens with zero attached hydrogens (tertiary/aromatic N) is 1. The van der Waals surface area contributed by atoms with Crippen LogP contribution in [0.25, 0.3) is 0 Å². The van der Waals surface area contributed by atoms with E-state index in [4.69, 9.17) is 21.1 Å². The van der Waals surface area contributed by atoms with Crippen molar-refractivity contribution in [3.63, 3.8) is 0 Å². The Hall–Kier alpha value is -1.78. The molecule has 4 nitrogen and oxygen atoms in total. The van der Waals surface area contributed by atoms with Crippen LogP contribution < -0.4 is 14.8 Å². The van der Waals surface area contributed by atoms with Crippen LogP contribution in [0.3, 0.4) is 0 Å². The summed E-state index contributed by atoms with van der Waals surface area (Å²) < 4.78 is 11.7. The summed E-state index contributed by atoms with van der Waals surface area (Å²) in [5.41, 5.74) is 0. The number of piperidine rings is 1. The maximum Gasteiger partial charge on any atom is 0.262 e. The van der Waals surface area contributed by atoms with Crippen molar-refractivity contribution in [2.45, 2.75) is 12.8 Å². The number of halogens is 1. The zero-order chi connectivity index (χ0) is 15.2. The van der Waals surface area contributed by atoms with Crippen LogP contribution in [0, 0.1) is 5.92 Å². The van der Waals surface area contributed by atoms with Gasteiger partial charge in [-0.1, -0.05) is 11.6 Å². The van der Waals surface area contributed by atoms with Crippen LogP contribution >= 0.6 is 11.6 Å². The smallest absolute Gasteiger partial charge is 0.262 e. The Balaban J connectivity index is 1.65. The molecule has 0 aliphatic carbocycles. The summed E-state index contributed by atoms with van der Waals surface area (Å²) in [6, 6.07) is 10.9. The van der Waals surface area contributed by atoms with Crippen LogP contribution in [-0.2, 0) is 0 Å². The molecule has 1 aromatic heterocycles. The first kappa shape index (κ1) is 15.1. The van der Waals surface area contributed by atoms with Crippen molar-refractivity contribution in [1.82, 2.24) is 10.3 Å². The van der Waals surface area contributed by atoms with Gasteiger partial charge in [0.15, 0.2) is 5.75 Å². The number of pyridine rings is 1. The maximum atomic E-state index is 5.92. The van der Waals surface area contributed by atoms with Crippen LogP contribution in [0.2, 0.25) is 5.02 Å². The van der Waals surface area contributed by atoms with Crippen molar-refractivity contribution in [2.24, 2.45) is 5.92 Å². The molecule has 116 valence electrons. The van der Waals surface area contributed by atoms with Gasteiger partial charge >= 0.3 is 0 Å². The van der Waals surface area contributed by atoms with Gasteiger partial charge in [0.25, 0.3) is 5.88 Å². The summed E-state index contributed by atoms with van der Waals surface area (Å²) in [7, 11) is 0. The summed E-state index contributed by atoms with van der Waals surface area (Å²) in [6.45, 7) is 2.79. The third-order valence-electron chi connectivity index (χ3n) is 3.64. The van der Waals surface area contributed by atoms with E-state index < -0.39 is 0 Å². The van der Waals surface area contributed by atoms with Gasteiger partial charge in [0.1, 0.15) is 5.75 Å². The van der Waals surface area contributed by atoms with E-state index in [1.807, 2.05) is 24.3 Å². The molecule has 1 saturated heterocycles. The summed E-state index contributed by atoms with van der Waals surface area (Å²) in [5.74, 6) is 2.38. The average molecular weight is 319 g/mol. The highest BCUT2D eigenvalue weighted by Crippen LogP contribution is 2.30. The standard InChI is InChI=1S/C17H19ClN2O2/c18-14-5-7-15(8-6-14)22-17-16(4-2-10-20-17)21-12-13-3-1-9-19-11-13/h2,4-8,10,13,19H,1,3,9,11-12H2/t13-/m0/s1. The molecule has 1 aliphatic heterocycles. The van der Waals surface area contributed by atoms with Gasteiger partial charge in [-0.25, -0.2) is 4.98 Å². The first-order valence-electron chi connectivity index (χ1n) is 7.53. The Morgan fingerprint density at radius 2 is 2.09 bits per heavy atom. The molecule has 5 heteroatoms. The molecule has 0 radical (unpaired) electrons. The molecule has 1 fully saturated rings. The summed E-state index contributed by atoms with van der Waals surface area (Å²) in [5, 5.41) is 4.07. The van der Waals surface area contributed by atoms with E-state index in [1.165, 1.54) is 12.8 Å². The Bertz CT molecular complexity index is 598. The van der Waals surface area contributed by atoms with Crippen molar-refractivity contribution in [3.05, 3.63) is 47.6 Å². The van der Waals surface area contributed by atoms with Gasteiger partial charge in [0.05, 0.1) is 6.61 Å². The fraction of sp³-hybridized carbons (Fsp3) is 0.353. The number of nitrogens with one attached hydrogen (secondary N) is 1. The second-order valence-corrected chi connectivity index (χ2v) is 5.82. The second kappa shape index (κ2) is 7.47. The molecule has 2 heterocycles. The highest BCUT2D eigenvalue weighted by molar-refractivity contribution is 6.30. The SMILES string of the molecule is Clc1ccc(Oc2ncccc2OC[C@H]2CCCNC2)cc1. The highest BCUT2D eigenvalue weighted by atomic mass is 35.5. The Morgan fingerprint density at radius 1 is 1.23 bits per heavy atom. The summed E-state index contributed by atoms with van der Waals surface area (Å²) in [6.07, 6.45) is 4.09.